The molecule has 2 N–H and O–H groups in total. The maximum absolute atomic E-state index is 12.6. The maximum Gasteiger partial charge on any atom is 0.257 e. The molecule has 6 nitrogen and oxygen atoms in total. The van der Waals surface area contributed by atoms with Gasteiger partial charge in [-0.15, -0.1) is 11.3 Å². The Kier molecular flexibility index (Phi) is 5.01. The SMILES string of the molecule is Cc1ccc(-c2csc(NC(=O)c3cccc(S(=O)(=O)NC4CC4)c3)n2)cc1. The molecule has 1 heterocycles. The van der Waals surface area contributed by atoms with Gasteiger partial charge >= 0.3 is 0 Å². The monoisotopic (exact) mass is 413 g/mol. The smallest absolute Gasteiger partial charge is 0.257 e. The minimum Gasteiger partial charge on any atom is -0.298 e. The lowest BCUT2D eigenvalue weighted by atomic mass is 10.1. The van der Waals surface area contributed by atoms with Gasteiger partial charge in [-0.1, -0.05) is 35.9 Å². The Hall–Kier alpha value is -2.55. The summed E-state index contributed by atoms with van der Waals surface area (Å²) in [6, 6.07) is 14.0. The lowest BCUT2D eigenvalue weighted by Gasteiger charge is -2.07. The van der Waals surface area contributed by atoms with E-state index in [1.54, 1.807) is 12.1 Å². The second-order valence-corrected chi connectivity index (χ2v) is 9.35. The minimum atomic E-state index is -3.60. The van der Waals surface area contributed by atoms with E-state index < -0.39 is 15.9 Å². The van der Waals surface area contributed by atoms with Crippen LogP contribution in [0.1, 0.15) is 28.8 Å². The highest BCUT2D eigenvalue weighted by atomic mass is 32.2. The predicted molar refractivity (Wildman–Crippen MR) is 110 cm³/mol. The molecule has 4 rings (SSSR count). The molecular weight excluding hydrogens is 394 g/mol. The fourth-order valence-electron chi connectivity index (χ4n) is 2.65. The molecule has 0 unspecified atom stereocenters. The Morgan fingerprint density at radius 1 is 1.14 bits per heavy atom. The van der Waals surface area contributed by atoms with Gasteiger partial charge < -0.3 is 0 Å². The molecule has 1 aliphatic rings. The minimum absolute atomic E-state index is 0.0120. The van der Waals surface area contributed by atoms with Crippen LogP contribution in [-0.2, 0) is 10.0 Å². The first-order valence-corrected chi connectivity index (χ1v) is 11.2. The summed E-state index contributed by atoms with van der Waals surface area (Å²) in [5.74, 6) is -0.395. The van der Waals surface area contributed by atoms with Crippen LogP contribution in [0.3, 0.4) is 0 Å². The van der Waals surface area contributed by atoms with Crippen LogP contribution in [-0.4, -0.2) is 25.4 Å². The summed E-state index contributed by atoms with van der Waals surface area (Å²) in [4.78, 5) is 17.1. The fourth-order valence-corrected chi connectivity index (χ4v) is 4.72. The van der Waals surface area contributed by atoms with Crippen molar-refractivity contribution in [2.75, 3.05) is 5.32 Å². The van der Waals surface area contributed by atoms with Gasteiger partial charge in [0.1, 0.15) is 0 Å². The number of hydrogen-bond acceptors (Lipinski definition) is 5. The molecule has 1 amide bonds. The average molecular weight is 414 g/mol. The van der Waals surface area contributed by atoms with Crippen molar-refractivity contribution in [3.63, 3.8) is 0 Å². The van der Waals surface area contributed by atoms with Crippen LogP contribution < -0.4 is 10.0 Å². The van der Waals surface area contributed by atoms with E-state index in [0.717, 1.165) is 24.1 Å². The van der Waals surface area contributed by atoms with E-state index in [4.69, 9.17) is 0 Å². The molecule has 0 bridgehead atoms. The van der Waals surface area contributed by atoms with E-state index in [9.17, 15) is 13.2 Å². The van der Waals surface area contributed by atoms with Crippen LogP contribution in [0.2, 0.25) is 0 Å². The van der Waals surface area contributed by atoms with E-state index in [2.05, 4.69) is 15.0 Å². The number of benzene rings is 2. The summed E-state index contributed by atoms with van der Waals surface area (Å²) in [6.07, 6.45) is 1.71. The van der Waals surface area contributed by atoms with Gasteiger partial charge in [0.2, 0.25) is 10.0 Å². The number of nitrogens with zero attached hydrogens (tertiary/aromatic N) is 1. The molecule has 8 heteroatoms. The van der Waals surface area contributed by atoms with E-state index in [1.807, 2.05) is 36.6 Å². The molecule has 1 aliphatic carbocycles. The molecule has 1 aromatic heterocycles. The van der Waals surface area contributed by atoms with Gasteiger partial charge in [0.25, 0.3) is 5.91 Å². The Morgan fingerprint density at radius 3 is 2.61 bits per heavy atom. The third-order valence-corrected chi connectivity index (χ3v) is 6.65. The summed E-state index contributed by atoms with van der Waals surface area (Å²) in [7, 11) is -3.60. The fraction of sp³-hybridized carbons (Fsp3) is 0.200. The van der Waals surface area contributed by atoms with Gasteiger partial charge in [-0.3, -0.25) is 10.1 Å². The Balaban J connectivity index is 1.49. The summed E-state index contributed by atoms with van der Waals surface area (Å²) < 4.78 is 27.3. The summed E-state index contributed by atoms with van der Waals surface area (Å²) in [6.45, 7) is 2.02. The molecule has 144 valence electrons. The van der Waals surface area contributed by atoms with Crippen molar-refractivity contribution >= 4 is 32.4 Å². The van der Waals surface area contributed by atoms with Crippen molar-refractivity contribution in [2.24, 2.45) is 0 Å². The van der Waals surface area contributed by atoms with Crippen molar-refractivity contribution in [1.29, 1.82) is 0 Å². The van der Waals surface area contributed by atoms with E-state index in [1.165, 1.54) is 29.0 Å². The van der Waals surface area contributed by atoms with Crippen LogP contribution in [0.4, 0.5) is 5.13 Å². The molecule has 0 atom stereocenters. The number of rotatable bonds is 6. The van der Waals surface area contributed by atoms with Crippen LogP contribution in [0.15, 0.2) is 58.8 Å². The van der Waals surface area contributed by atoms with Gasteiger partial charge in [-0.25, -0.2) is 18.1 Å². The molecule has 3 aromatic rings. The van der Waals surface area contributed by atoms with E-state index in [0.29, 0.717) is 5.13 Å². The number of sulfonamides is 1. The highest BCUT2D eigenvalue weighted by molar-refractivity contribution is 7.89. The number of thiazole rings is 1. The van der Waals surface area contributed by atoms with Crippen molar-refractivity contribution < 1.29 is 13.2 Å². The number of aromatic nitrogens is 1. The number of carbonyl (C=O) groups excluding carboxylic acids is 1. The molecule has 28 heavy (non-hydrogen) atoms. The molecule has 0 spiro atoms. The lowest BCUT2D eigenvalue weighted by Crippen LogP contribution is -2.26. The summed E-state index contributed by atoms with van der Waals surface area (Å²) in [5.41, 5.74) is 3.19. The van der Waals surface area contributed by atoms with Gasteiger partial charge in [-0.05, 0) is 38.0 Å². The molecule has 2 aromatic carbocycles. The molecule has 0 saturated heterocycles. The van der Waals surface area contributed by atoms with Gasteiger partial charge in [0.05, 0.1) is 10.6 Å². The largest absolute Gasteiger partial charge is 0.298 e. The van der Waals surface area contributed by atoms with Crippen LogP contribution in [0.25, 0.3) is 11.3 Å². The number of amides is 1. The first-order valence-electron chi connectivity index (χ1n) is 8.87. The first kappa shape index (κ1) is 18.8. The Morgan fingerprint density at radius 2 is 1.89 bits per heavy atom. The average Bonchev–Trinajstić information content (AvgIpc) is 3.36. The van der Waals surface area contributed by atoms with Gasteiger partial charge in [0.15, 0.2) is 5.13 Å². The molecule has 1 fully saturated rings. The number of carbonyl (C=O) groups is 1. The van der Waals surface area contributed by atoms with Crippen molar-refractivity contribution in [3.05, 3.63) is 65.0 Å². The second-order valence-electron chi connectivity index (χ2n) is 6.78. The number of anilines is 1. The predicted octanol–water partition coefficient (Wildman–Crippen LogP) is 3.81. The Bertz CT molecular complexity index is 1120. The second kappa shape index (κ2) is 7.46. The summed E-state index contributed by atoms with van der Waals surface area (Å²) >= 11 is 1.32. The molecular formula is C20H19N3O3S2. The van der Waals surface area contributed by atoms with Crippen molar-refractivity contribution in [3.8, 4) is 11.3 Å². The van der Waals surface area contributed by atoms with Gasteiger partial charge in [-0.2, -0.15) is 0 Å². The topological polar surface area (TPSA) is 88.2 Å². The van der Waals surface area contributed by atoms with Crippen LogP contribution >= 0.6 is 11.3 Å². The normalized spacial score (nSPS) is 14.0. The van der Waals surface area contributed by atoms with E-state index in [-0.39, 0.29) is 16.5 Å². The standard InChI is InChI=1S/C20H19N3O3S2/c1-13-5-7-14(8-6-13)18-12-27-20(21-18)22-19(24)15-3-2-4-17(11-15)28(25,26)23-16-9-10-16/h2-8,11-12,16,23H,9-10H2,1H3,(H,21,22,24). The molecule has 1 saturated carbocycles. The third-order valence-electron chi connectivity index (χ3n) is 4.38. The zero-order valence-electron chi connectivity index (χ0n) is 15.2. The van der Waals surface area contributed by atoms with Crippen molar-refractivity contribution in [1.82, 2.24) is 9.71 Å². The molecule has 0 radical (unpaired) electrons. The number of hydrogen-bond donors (Lipinski definition) is 2. The quantitative estimate of drug-likeness (QED) is 0.643. The third kappa shape index (κ3) is 4.30. The molecule has 0 aliphatic heterocycles. The summed E-state index contributed by atoms with van der Waals surface area (Å²) in [5, 5.41) is 5.08. The zero-order valence-corrected chi connectivity index (χ0v) is 16.8. The zero-order chi connectivity index (χ0) is 19.7. The van der Waals surface area contributed by atoms with Crippen LogP contribution in [0.5, 0.6) is 0 Å². The highest BCUT2D eigenvalue weighted by Crippen LogP contribution is 2.26. The highest BCUT2D eigenvalue weighted by Gasteiger charge is 2.28. The van der Waals surface area contributed by atoms with Gasteiger partial charge in [0, 0.05) is 22.5 Å². The van der Waals surface area contributed by atoms with Crippen molar-refractivity contribution in [2.45, 2.75) is 30.7 Å². The first-order chi connectivity index (χ1) is 13.4. The Labute approximate surface area is 167 Å². The van der Waals surface area contributed by atoms with Crippen LogP contribution in [0, 0.1) is 6.92 Å². The number of aryl methyl sites for hydroxylation is 1. The number of nitrogens with one attached hydrogen (secondary N) is 2. The van der Waals surface area contributed by atoms with E-state index >= 15 is 0 Å². The maximum atomic E-state index is 12.6. The lowest BCUT2D eigenvalue weighted by molar-refractivity contribution is 0.102.